The number of rotatable bonds is 9. The first-order valence-electron chi connectivity index (χ1n) is 7.03. The molecule has 0 heterocycles. The number of ether oxygens (including phenoxy) is 4. The Bertz CT molecular complexity index is 674. The fourth-order valence-electron chi connectivity index (χ4n) is 1.94. The van der Waals surface area contributed by atoms with E-state index in [4.69, 9.17) is 14.2 Å². The number of hydrogen-bond acceptors (Lipinski definition) is 7. The summed E-state index contributed by atoms with van der Waals surface area (Å²) in [5, 5.41) is 0. The number of sulfonamides is 1. The van der Waals surface area contributed by atoms with Gasteiger partial charge in [0.25, 0.3) is 0 Å². The summed E-state index contributed by atoms with van der Waals surface area (Å²) in [5.41, 5.74) is -0.736. The molecular weight excluding hydrogens is 338 g/mol. The summed E-state index contributed by atoms with van der Waals surface area (Å²) in [6.45, 7) is 1.89. The Balaban J connectivity index is 3.15. The molecule has 0 aliphatic heterocycles. The van der Waals surface area contributed by atoms with Crippen molar-refractivity contribution in [2.24, 2.45) is 0 Å². The first-order chi connectivity index (χ1) is 11.2. The Hall–Kier alpha value is -1.68. The van der Waals surface area contributed by atoms with Gasteiger partial charge in [-0.15, -0.1) is 0 Å². The van der Waals surface area contributed by atoms with Gasteiger partial charge in [0.2, 0.25) is 10.0 Å². The van der Waals surface area contributed by atoms with Gasteiger partial charge in [0.1, 0.15) is 16.2 Å². The van der Waals surface area contributed by atoms with Gasteiger partial charge < -0.3 is 18.9 Å². The van der Waals surface area contributed by atoms with Crippen LogP contribution in [0.3, 0.4) is 0 Å². The average molecular weight is 361 g/mol. The van der Waals surface area contributed by atoms with E-state index in [2.05, 4.69) is 9.46 Å². The van der Waals surface area contributed by atoms with Crippen molar-refractivity contribution in [1.29, 1.82) is 0 Å². The lowest BCUT2D eigenvalue weighted by molar-refractivity contribution is -0.0460. The molecule has 0 aliphatic rings. The fraction of sp³-hybridized carbons (Fsp3) is 0.533. The van der Waals surface area contributed by atoms with Gasteiger partial charge in [-0.2, -0.15) is 0 Å². The second-order valence-electron chi connectivity index (χ2n) is 5.27. The number of esters is 1. The standard InChI is InChI=1S/C15H23NO7S/c1-15(23-5,10-20-2)9-16-24(18,19)13-8-11(14(17)22-4)6-7-12(13)21-3/h6-8,16H,9-10H2,1-5H3/t15-/m1/s1. The summed E-state index contributed by atoms with van der Waals surface area (Å²) < 4.78 is 47.7. The highest BCUT2D eigenvalue weighted by Crippen LogP contribution is 2.25. The molecule has 0 amide bonds. The summed E-state index contributed by atoms with van der Waals surface area (Å²) in [6, 6.07) is 4.02. The lowest BCUT2D eigenvalue weighted by Gasteiger charge is -2.27. The van der Waals surface area contributed by atoms with Crippen LogP contribution in [0.15, 0.2) is 23.1 Å². The Morgan fingerprint density at radius 3 is 2.38 bits per heavy atom. The highest BCUT2D eigenvalue weighted by Gasteiger charge is 2.28. The number of hydrogen-bond donors (Lipinski definition) is 1. The largest absolute Gasteiger partial charge is 0.495 e. The van der Waals surface area contributed by atoms with Crippen LogP contribution in [0.4, 0.5) is 0 Å². The molecule has 0 aromatic heterocycles. The second-order valence-corrected chi connectivity index (χ2v) is 7.00. The third-order valence-corrected chi connectivity index (χ3v) is 4.88. The Morgan fingerprint density at radius 2 is 1.88 bits per heavy atom. The first-order valence-corrected chi connectivity index (χ1v) is 8.51. The lowest BCUT2D eigenvalue weighted by Crippen LogP contribution is -2.45. The quantitative estimate of drug-likeness (QED) is 0.650. The summed E-state index contributed by atoms with van der Waals surface area (Å²) in [6.07, 6.45) is 0. The van der Waals surface area contributed by atoms with Crippen molar-refractivity contribution < 1.29 is 32.2 Å². The van der Waals surface area contributed by atoms with Gasteiger partial charge in [0.05, 0.1) is 26.4 Å². The van der Waals surface area contributed by atoms with Gasteiger partial charge in [0.15, 0.2) is 0 Å². The van der Waals surface area contributed by atoms with Crippen molar-refractivity contribution in [2.75, 3.05) is 41.6 Å². The Morgan fingerprint density at radius 1 is 1.21 bits per heavy atom. The molecular formula is C15H23NO7S. The third kappa shape index (κ3) is 4.91. The van der Waals surface area contributed by atoms with Crippen LogP contribution in [0.5, 0.6) is 5.75 Å². The van der Waals surface area contributed by atoms with Crippen molar-refractivity contribution in [2.45, 2.75) is 17.4 Å². The minimum absolute atomic E-state index is 0.0225. The molecule has 0 fully saturated rings. The number of nitrogens with one attached hydrogen (secondary N) is 1. The maximum absolute atomic E-state index is 12.6. The molecule has 24 heavy (non-hydrogen) atoms. The molecule has 0 saturated heterocycles. The fourth-order valence-corrected chi connectivity index (χ4v) is 3.29. The second kappa shape index (κ2) is 8.43. The monoisotopic (exact) mass is 361 g/mol. The van der Waals surface area contributed by atoms with Gasteiger partial charge in [-0.05, 0) is 25.1 Å². The molecule has 0 aliphatic carbocycles. The van der Waals surface area contributed by atoms with Crippen molar-refractivity contribution in [3.63, 3.8) is 0 Å². The molecule has 0 spiro atoms. The van der Waals surface area contributed by atoms with E-state index >= 15 is 0 Å². The van der Waals surface area contributed by atoms with E-state index in [0.29, 0.717) is 0 Å². The predicted molar refractivity (Wildman–Crippen MR) is 86.8 cm³/mol. The van der Waals surface area contributed by atoms with E-state index < -0.39 is 21.6 Å². The van der Waals surface area contributed by atoms with Crippen molar-refractivity contribution in [3.05, 3.63) is 23.8 Å². The van der Waals surface area contributed by atoms with E-state index in [1.165, 1.54) is 46.6 Å². The summed E-state index contributed by atoms with van der Waals surface area (Å²) in [5.74, 6) is -0.531. The SMILES string of the molecule is COC[C@@](C)(CNS(=O)(=O)c1cc(C(=O)OC)ccc1OC)OC. The normalized spacial score (nSPS) is 14.0. The number of methoxy groups -OCH3 is 4. The zero-order valence-corrected chi connectivity index (χ0v) is 15.2. The van der Waals surface area contributed by atoms with E-state index in [0.717, 1.165) is 0 Å². The van der Waals surface area contributed by atoms with Gasteiger partial charge in [-0.1, -0.05) is 0 Å². The molecule has 136 valence electrons. The minimum Gasteiger partial charge on any atom is -0.495 e. The van der Waals surface area contributed by atoms with Gasteiger partial charge in [0, 0.05) is 20.8 Å². The highest BCUT2D eigenvalue weighted by molar-refractivity contribution is 7.89. The number of carbonyl (C=O) groups is 1. The molecule has 1 aromatic carbocycles. The van der Waals surface area contributed by atoms with Crippen LogP contribution in [0.1, 0.15) is 17.3 Å². The van der Waals surface area contributed by atoms with Gasteiger partial charge in [-0.25, -0.2) is 17.9 Å². The topological polar surface area (TPSA) is 100 Å². The first kappa shape index (κ1) is 20.4. The van der Waals surface area contributed by atoms with E-state index in [1.807, 2.05) is 0 Å². The lowest BCUT2D eigenvalue weighted by atomic mass is 10.1. The molecule has 1 N–H and O–H groups in total. The molecule has 0 bridgehead atoms. The summed E-state index contributed by atoms with van der Waals surface area (Å²) in [7, 11) is 1.57. The third-order valence-electron chi connectivity index (χ3n) is 3.45. The van der Waals surface area contributed by atoms with Crippen LogP contribution in [0, 0.1) is 0 Å². The van der Waals surface area contributed by atoms with Crippen molar-refractivity contribution in [3.8, 4) is 5.75 Å². The zero-order valence-electron chi connectivity index (χ0n) is 14.4. The number of benzene rings is 1. The molecule has 1 rings (SSSR count). The van der Waals surface area contributed by atoms with Crippen LogP contribution < -0.4 is 9.46 Å². The van der Waals surface area contributed by atoms with E-state index in [-0.39, 0.29) is 29.4 Å². The Kier molecular flexibility index (Phi) is 7.15. The molecule has 1 aromatic rings. The van der Waals surface area contributed by atoms with Crippen molar-refractivity contribution >= 4 is 16.0 Å². The molecule has 0 unspecified atom stereocenters. The highest BCUT2D eigenvalue weighted by atomic mass is 32.2. The van der Waals surface area contributed by atoms with Gasteiger partial charge in [-0.3, -0.25) is 0 Å². The summed E-state index contributed by atoms with van der Waals surface area (Å²) >= 11 is 0. The molecule has 9 heteroatoms. The summed E-state index contributed by atoms with van der Waals surface area (Å²) in [4.78, 5) is 11.5. The molecule has 8 nitrogen and oxygen atoms in total. The van der Waals surface area contributed by atoms with E-state index in [1.54, 1.807) is 6.92 Å². The van der Waals surface area contributed by atoms with Crippen LogP contribution in [0.2, 0.25) is 0 Å². The average Bonchev–Trinajstić information content (AvgIpc) is 2.59. The predicted octanol–water partition coefficient (Wildman–Crippen LogP) is 0.812. The maximum Gasteiger partial charge on any atom is 0.337 e. The molecule has 1 atom stereocenters. The zero-order chi connectivity index (χ0) is 18.4. The maximum atomic E-state index is 12.6. The minimum atomic E-state index is -3.95. The number of carbonyl (C=O) groups excluding carboxylic acids is 1. The van der Waals surface area contributed by atoms with Crippen LogP contribution in [-0.2, 0) is 24.2 Å². The molecule has 0 radical (unpaired) electrons. The van der Waals surface area contributed by atoms with Crippen LogP contribution >= 0.6 is 0 Å². The van der Waals surface area contributed by atoms with E-state index in [9.17, 15) is 13.2 Å². The molecule has 0 saturated carbocycles. The van der Waals surface area contributed by atoms with Crippen LogP contribution in [-0.4, -0.2) is 61.6 Å². The van der Waals surface area contributed by atoms with Crippen LogP contribution in [0.25, 0.3) is 0 Å². The smallest absolute Gasteiger partial charge is 0.337 e. The van der Waals surface area contributed by atoms with Gasteiger partial charge >= 0.3 is 5.97 Å². The van der Waals surface area contributed by atoms with Crippen molar-refractivity contribution in [1.82, 2.24) is 4.72 Å². The Labute approximate surface area is 142 Å².